The molecule has 7 heteroatoms. The van der Waals surface area contributed by atoms with Gasteiger partial charge in [-0.1, -0.05) is 25.1 Å². The van der Waals surface area contributed by atoms with Gasteiger partial charge in [0.15, 0.2) is 6.10 Å². The van der Waals surface area contributed by atoms with Crippen LogP contribution in [-0.4, -0.2) is 42.5 Å². The van der Waals surface area contributed by atoms with Crippen molar-refractivity contribution in [2.75, 3.05) is 29.4 Å². The number of amides is 2. The number of hydrogen-bond acceptors (Lipinski definition) is 5. The fourth-order valence-corrected chi connectivity index (χ4v) is 4.04. The van der Waals surface area contributed by atoms with Crippen molar-refractivity contribution < 1.29 is 14.3 Å². The molecule has 1 N–H and O–H groups in total. The number of hydrogen-bond donors (Lipinski definition) is 1. The highest BCUT2D eigenvalue weighted by Crippen LogP contribution is 2.33. The molecule has 1 atom stereocenters. The summed E-state index contributed by atoms with van der Waals surface area (Å²) in [6, 6.07) is 11.5. The number of pyridine rings is 1. The van der Waals surface area contributed by atoms with Gasteiger partial charge in [-0.3, -0.25) is 9.59 Å². The molecule has 4 rings (SSSR count). The molecule has 0 saturated carbocycles. The maximum Gasteiger partial charge on any atom is 0.267 e. The second kappa shape index (κ2) is 9.37. The maximum atomic E-state index is 12.5. The quantitative estimate of drug-likeness (QED) is 0.774. The Labute approximate surface area is 183 Å². The van der Waals surface area contributed by atoms with E-state index in [1.54, 1.807) is 11.8 Å². The minimum absolute atomic E-state index is 0.0986. The summed E-state index contributed by atoms with van der Waals surface area (Å²) in [4.78, 5) is 33.4. The van der Waals surface area contributed by atoms with Crippen LogP contribution in [-0.2, 0) is 16.1 Å². The van der Waals surface area contributed by atoms with E-state index in [0.29, 0.717) is 24.5 Å². The van der Waals surface area contributed by atoms with Crippen molar-refractivity contribution in [2.24, 2.45) is 5.92 Å². The van der Waals surface area contributed by atoms with Crippen LogP contribution in [0.3, 0.4) is 0 Å². The van der Waals surface area contributed by atoms with Crippen LogP contribution in [0, 0.1) is 5.92 Å². The Balaban J connectivity index is 1.27. The third-order valence-electron chi connectivity index (χ3n) is 6.04. The first-order valence-electron chi connectivity index (χ1n) is 11.0. The number of ether oxygens (including phenoxy) is 1. The Morgan fingerprint density at radius 1 is 1.16 bits per heavy atom. The van der Waals surface area contributed by atoms with Gasteiger partial charge in [0, 0.05) is 38.8 Å². The van der Waals surface area contributed by atoms with Gasteiger partial charge in [-0.25, -0.2) is 4.98 Å². The average molecular weight is 423 g/mol. The molecule has 1 saturated heterocycles. The Hall–Kier alpha value is -3.09. The van der Waals surface area contributed by atoms with Crippen LogP contribution in [0.15, 0.2) is 42.6 Å². The molecular weight excluding hydrogens is 392 g/mol. The number of nitrogens with one attached hydrogen (secondary N) is 1. The topological polar surface area (TPSA) is 74.8 Å². The maximum absolute atomic E-state index is 12.5. The summed E-state index contributed by atoms with van der Waals surface area (Å²) < 4.78 is 5.64. The normalized spacial score (nSPS) is 19.0. The van der Waals surface area contributed by atoms with E-state index < -0.39 is 6.10 Å². The van der Waals surface area contributed by atoms with Crippen LogP contribution in [0.25, 0.3) is 0 Å². The van der Waals surface area contributed by atoms with Crippen LogP contribution in [0.1, 0.15) is 38.7 Å². The minimum atomic E-state index is -0.550. The molecule has 1 fully saturated rings. The third-order valence-corrected chi connectivity index (χ3v) is 6.04. The molecule has 0 aliphatic carbocycles. The van der Waals surface area contributed by atoms with Gasteiger partial charge in [0.25, 0.3) is 5.91 Å². The van der Waals surface area contributed by atoms with Crippen molar-refractivity contribution in [2.45, 2.75) is 45.8 Å². The summed E-state index contributed by atoms with van der Waals surface area (Å²) in [6.45, 7) is 6.86. The van der Waals surface area contributed by atoms with Gasteiger partial charge < -0.3 is 19.9 Å². The fraction of sp³-hybridized carbons (Fsp3) is 0.458. The van der Waals surface area contributed by atoms with Crippen LogP contribution in [0.2, 0.25) is 0 Å². The largest absolute Gasteiger partial charge is 0.479 e. The Morgan fingerprint density at radius 3 is 2.68 bits per heavy atom. The summed E-state index contributed by atoms with van der Waals surface area (Å²) in [6.07, 6.45) is 3.91. The molecule has 2 amide bonds. The number of rotatable bonds is 6. The van der Waals surface area contributed by atoms with Gasteiger partial charge in [0.2, 0.25) is 5.91 Å². The lowest BCUT2D eigenvalue weighted by atomic mass is 9.99. The summed E-state index contributed by atoms with van der Waals surface area (Å²) in [5.41, 5.74) is 1.68. The molecule has 0 bridgehead atoms. The van der Waals surface area contributed by atoms with E-state index in [1.807, 2.05) is 42.6 Å². The van der Waals surface area contributed by atoms with Gasteiger partial charge in [-0.05, 0) is 49.4 Å². The van der Waals surface area contributed by atoms with Crippen LogP contribution < -0.4 is 19.9 Å². The first-order valence-corrected chi connectivity index (χ1v) is 11.0. The summed E-state index contributed by atoms with van der Waals surface area (Å²) in [5, 5.41) is 2.93. The number of aromatic nitrogens is 1. The Morgan fingerprint density at radius 2 is 1.94 bits per heavy atom. The lowest BCUT2D eigenvalue weighted by Gasteiger charge is -2.32. The van der Waals surface area contributed by atoms with Gasteiger partial charge >= 0.3 is 0 Å². The van der Waals surface area contributed by atoms with E-state index in [4.69, 9.17) is 4.74 Å². The zero-order chi connectivity index (χ0) is 21.8. The number of fused-ring (bicyclic) bond motifs is 1. The van der Waals surface area contributed by atoms with Gasteiger partial charge in [-0.15, -0.1) is 0 Å². The number of carbonyl (C=O) groups excluding carboxylic acids is 2. The van der Waals surface area contributed by atoms with E-state index >= 15 is 0 Å². The van der Waals surface area contributed by atoms with E-state index in [9.17, 15) is 9.59 Å². The molecule has 1 aromatic heterocycles. The van der Waals surface area contributed by atoms with Gasteiger partial charge in [0.05, 0.1) is 5.69 Å². The molecule has 0 radical (unpaired) electrons. The van der Waals surface area contributed by atoms with E-state index in [2.05, 4.69) is 22.1 Å². The van der Waals surface area contributed by atoms with Gasteiger partial charge in [-0.2, -0.15) is 0 Å². The number of para-hydroxylation sites is 2. The van der Waals surface area contributed by atoms with E-state index in [1.165, 1.54) is 12.8 Å². The SMILES string of the molecule is CC1CCN(c2ccc(CNC(=O)CCN3C(=O)C(C)Oc4ccccc43)cn2)CC1. The standard InChI is InChI=1S/C24H30N4O3/c1-17-9-12-27(13-10-17)22-8-7-19(15-25-22)16-26-23(29)11-14-28-20-5-3-4-6-21(20)31-18(2)24(28)30/h3-8,15,17-18H,9-14,16H2,1-2H3,(H,26,29). The molecule has 1 aromatic carbocycles. The molecule has 31 heavy (non-hydrogen) atoms. The van der Waals surface area contributed by atoms with Crippen molar-refractivity contribution in [3.63, 3.8) is 0 Å². The van der Waals surface area contributed by atoms with Crippen LogP contribution in [0.5, 0.6) is 5.75 Å². The summed E-state index contributed by atoms with van der Waals surface area (Å²) >= 11 is 0. The number of benzene rings is 1. The van der Waals surface area contributed by atoms with E-state index in [-0.39, 0.29) is 18.2 Å². The number of piperidine rings is 1. The monoisotopic (exact) mass is 422 g/mol. The first kappa shape index (κ1) is 21.2. The minimum Gasteiger partial charge on any atom is -0.479 e. The number of anilines is 2. The van der Waals surface area contributed by atoms with Crippen LogP contribution in [0.4, 0.5) is 11.5 Å². The lowest BCUT2D eigenvalue weighted by Crippen LogP contribution is -2.45. The predicted octanol–water partition coefficient (Wildman–Crippen LogP) is 3.14. The zero-order valence-electron chi connectivity index (χ0n) is 18.2. The average Bonchev–Trinajstić information content (AvgIpc) is 2.79. The van der Waals surface area contributed by atoms with Crippen molar-refractivity contribution in [1.29, 1.82) is 0 Å². The van der Waals surface area contributed by atoms with Gasteiger partial charge in [0.1, 0.15) is 11.6 Å². The number of carbonyl (C=O) groups is 2. The van der Waals surface area contributed by atoms with Crippen molar-refractivity contribution >= 4 is 23.3 Å². The van der Waals surface area contributed by atoms with E-state index in [0.717, 1.165) is 30.4 Å². The summed E-state index contributed by atoms with van der Waals surface area (Å²) in [7, 11) is 0. The first-order chi connectivity index (χ1) is 15.0. The van der Waals surface area contributed by atoms with Crippen LogP contribution >= 0.6 is 0 Å². The molecule has 7 nitrogen and oxygen atoms in total. The van der Waals surface area contributed by atoms with Crippen molar-refractivity contribution in [1.82, 2.24) is 10.3 Å². The highest BCUT2D eigenvalue weighted by Gasteiger charge is 2.31. The second-order valence-electron chi connectivity index (χ2n) is 8.44. The Kier molecular flexibility index (Phi) is 6.39. The number of nitrogens with zero attached hydrogens (tertiary/aromatic N) is 3. The smallest absolute Gasteiger partial charge is 0.267 e. The molecular formula is C24H30N4O3. The Bertz CT molecular complexity index is 923. The molecule has 3 heterocycles. The molecule has 2 aliphatic rings. The van der Waals surface area contributed by atoms with Crippen molar-refractivity contribution in [3.05, 3.63) is 48.2 Å². The fourth-order valence-electron chi connectivity index (χ4n) is 4.04. The lowest BCUT2D eigenvalue weighted by molar-refractivity contribution is -0.125. The second-order valence-corrected chi connectivity index (χ2v) is 8.44. The highest BCUT2D eigenvalue weighted by atomic mass is 16.5. The van der Waals surface area contributed by atoms with Crippen molar-refractivity contribution in [3.8, 4) is 5.75 Å². The molecule has 164 valence electrons. The predicted molar refractivity (Wildman–Crippen MR) is 120 cm³/mol. The summed E-state index contributed by atoms with van der Waals surface area (Å²) in [5.74, 6) is 2.23. The third kappa shape index (κ3) is 4.98. The highest BCUT2D eigenvalue weighted by molar-refractivity contribution is 6.00. The molecule has 1 unspecified atom stereocenters. The molecule has 2 aromatic rings. The zero-order valence-corrected chi connectivity index (χ0v) is 18.2. The molecule has 0 spiro atoms. The molecule has 2 aliphatic heterocycles.